The first-order valence-corrected chi connectivity index (χ1v) is 6.39. The van der Waals surface area contributed by atoms with Crippen LogP contribution in [0.5, 0.6) is 0 Å². The zero-order chi connectivity index (χ0) is 10.8. The van der Waals surface area contributed by atoms with Gasteiger partial charge in [0.05, 0.1) is 11.8 Å². The van der Waals surface area contributed by atoms with Gasteiger partial charge in [-0.1, -0.05) is 13.8 Å². The Morgan fingerprint density at radius 1 is 1.50 bits per heavy atom. The van der Waals surface area contributed by atoms with Crippen LogP contribution in [0.3, 0.4) is 0 Å². The number of rotatable bonds is 4. The van der Waals surface area contributed by atoms with Gasteiger partial charge in [-0.05, 0) is 6.42 Å². The van der Waals surface area contributed by atoms with Gasteiger partial charge in [-0.25, -0.2) is 12.7 Å². The van der Waals surface area contributed by atoms with Crippen molar-refractivity contribution in [2.45, 2.75) is 26.7 Å². The first kappa shape index (κ1) is 11.5. The molecule has 1 saturated heterocycles. The largest absolute Gasteiger partial charge is 0.214 e. The van der Waals surface area contributed by atoms with E-state index in [9.17, 15) is 8.42 Å². The maximum Gasteiger partial charge on any atom is 0.214 e. The Morgan fingerprint density at radius 2 is 2.07 bits per heavy atom. The van der Waals surface area contributed by atoms with Crippen LogP contribution in [-0.4, -0.2) is 31.6 Å². The smallest absolute Gasteiger partial charge is 0.212 e. The van der Waals surface area contributed by atoms with E-state index < -0.39 is 10.0 Å². The van der Waals surface area contributed by atoms with E-state index in [0.29, 0.717) is 25.9 Å². The average Bonchev–Trinajstić information content (AvgIpc) is 2.00. The third kappa shape index (κ3) is 2.25. The SMILES string of the molecule is CCCS(=O)(=O)N1CC(C)(CC#N)C1. The van der Waals surface area contributed by atoms with Crippen molar-refractivity contribution in [3.05, 3.63) is 0 Å². The molecule has 0 radical (unpaired) electrons. The maximum atomic E-state index is 11.5. The molecule has 0 saturated carbocycles. The Bertz CT molecular complexity index is 336. The molecule has 80 valence electrons. The summed E-state index contributed by atoms with van der Waals surface area (Å²) in [6.07, 6.45) is 1.08. The van der Waals surface area contributed by atoms with E-state index >= 15 is 0 Å². The van der Waals surface area contributed by atoms with Gasteiger partial charge < -0.3 is 0 Å². The first-order chi connectivity index (χ1) is 6.43. The second-order valence-corrected chi connectivity index (χ2v) is 6.32. The van der Waals surface area contributed by atoms with Gasteiger partial charge in [0.1, 0.15) is 0 Å². The summed E-state index contributed by atoms with van der Waals surface area (Å²) in [6.45, 7) is 4.81. The van der Waals surface area contributed by atoms with Crippen LogP contribution in [-0.2, 0) is 10.0 Å². The van der Waals surface area contributed by atoms with Crippen molar-refractivity contribution in [2.24, 2.45) is 5.41 Å². The van der Waals surface area contributed by atoms with Crippen molar-refractivity contribution in [1.29, 1.82) is 5.26 Å². The zero-order valence-electron chi connectivity index (χ0n) is 8.65. The Kier molecular flexibility index (Phi) is 3.17. The van der Waals surface area contributed by atoms with Crippen LogP contribution in [0.2, 0.25) is 0 Å². The highest BCUT2D eigenvalue weighted by Crippen LogP contribution is 2.34. The van der Waals surface area contributed by atoms with Gasteiger partial charge in [-0.3, -0.25) is 0 Å². The lowest BCUT2D eigenvalue weighted by atomic mass is 9.81. The van der Waals surface area contributed by atoms with Crippen LogP contribution in [0.25, 0.3) is 0 Å². The molecule has 0 amide bonds. The van der Waals surface area contributed by atoms with Crippen LogP contribution in [0.1, 0.15) is 26.7 Å². The highest BCUT2D eigenvalue weighted by atomic mass is 32.2. The third-order valence-corrected chi connectivity index (χ3v) is 4.45. The molecule has 1 fully saturated rings. The monoisotopic (exact) mass is 216 g/mol. The fraction of sp³-hybridized carbons (Fsp3) is 0.889. The van der Waals surface area contributed by atoms with E-state index in [1.807, 2.05) is 13.8 Å². The zero-order valence-corrected chi connectivity index (χ0v) is 9.47. The van der Waals surface area contributed by atoms with Crippen LogP contribution < -0.4 is 0 Å². The van der Waals surface area contributed by atoms with Crippen molar-refractivity contribution in [2.75, 3.05) is 18.8 Å². The molecule has 0 spiro atoms. The van der Waals surface area contributed by atoms with E-state index in [1.54, 1.807) is 0 Å². The highest BCUT2D eigenvalue weighted by molar-refractivity contribution is 7.89. The summed E-state index contributed by atoms with van der Waals surface area (Å²) in [7, 11) is -3.04. The number of sulfonamides is 1. The molecule has 0 bridgehead atoms. The number of nitrogens with zero attached hydrogens (tertiary/aromatic N) is 2. The molecule has 1 heterocycles. The summed E-state index contributed by atoms with van der Waals surface area (Å²) >= 11 is 0. The molecule has 0 aromatic heterocycles. The summed E-state index contributed by atoms with van der Waals surface area (Å²) in [5.41, 5.74) is -0.116. The normalized spacial score (nSPS) is 21.2. The summed E-state index contributed by atoms with van der Waals surface area (Å²) in [4.78, 5) is 0. The van der Waals surface area contributed by atoms with Crippen LogP contribution >= 0.6 is 0 Å². The minimum absolute atomic E-state index is 0.116. The Morgan fingerprint density at radius 3 is 2.50 bits per heavy atom. The van der Waals surface area contributed by atoms with Gasteiger partial charge in [0, 0.05) is 24.9 Å². The van der Waals surface area contributed by atoms with Crippen LogP contribution in [0, 0.1) is 16.7 Å². The molecule has 0 atom stereocenters. The van der Waals surface area contributed by atoms with E-state index in [4.69, 9.17) is 5.26 Å². The fourth-order valence-electron chi connectivity index (χ4n) is 1.69. The lowest BCUT2D eigenvalue weighted by Gasteiger charge is -2.45. The number of nitriles is 1. The lowest BCUT2D eigenvalue weighted by molar-refractivity contribution is 0.0954. The minimum atomic E-state index is -3.04. The number of hydrogen-bond donors (Lipinski definition) is 0. The Hall–Kier alpha value is -0.600. The lowest BCUT2D eigenvalue weighted by Crippen LogP contribution is -2.57. The van der Waals surface area contributed by atoms with Gasteiger partial charge >= 0.3 is 0 Å². The molecule has 0 aromatic rings. The fourth-order valence-corrected chi connectivity index (χ4v) is 3.48. The first-order valence-electron chi connectivity index (χ1n) is 4.78. The summed E-state index contributed by atoms with van der Waals surface area (Å²) < 4.78 is 24.6. The van der Waals surface area contributed by atoms with Gasteiger partial charge in [0.15, 0.2) is 0 Å². The van der Waals surface area contributed by atoms with E-state index in [-0.39, 0.29) is 11.2 Å². The standard InChI is InChI=1S/C9H16N2O2S/c1-3-6-14(12,13)11-7-9(2,8-11)4-5-10/h3-4,6-8H2,1-2H3. The predicted octanol–water partition coefficient (Wildman–Crippen LogP) is 0.962. The summed E-state index contributed by atoms with van der Waals surface area (Å²) in [5, 5.41) is 8.54. The molecule has 1 aliphatic heterocycles. The second-order valence-electron chi connectivity index (χ2n) is 4.23. The third-order valence-electron chi connectivity index (χ3n) is 2.48. The molecule has 0 aliphatic carbocycles. The van der Waals surface area contributed by atoms with Crippen molar-refractivity contribution in [3.63, 3.8) is 0 Å². The van der Waals surface area contributed by atoms with Gasteiger partial charge in [0.2, 0.25) is 10.0 Å². The Balaban J connectivity index is 2.53. The van der Waals surface area contributed by atoms with Gasteiger partial charge in [0.25, 0.3) is 0 Å². The van der Waals surface area contributed by atoms with E-state index in [2.05, 4.69) is 6.07 Å². The summed E-state index contributed by atoms with van der Waals surface area (Å²) in [5.74, 6) is 0.218. The molecule has 1 rings (SSSR count). The molecule has 5 heteroatoms. The van der Waals surface area contributed by atoms with E-state index in [1.165, 1.54) is 4.31 Å². The molecule has 4 nitrogen and oxygen atoms in total. The molecular weight excluding hydrogens is 200 g/mol. The second kappa shape index (κ2) is 3.87. The molecule has 0 unspecified atom stereocenters. The van der Waals surface area contributed by atoms with Crippen molar-refractivity contribution in [1.82, 2.24) is 4.31 Å². The molecule has 14 heavy (non-hydrogen) atoms. The van der Waals surface area contributed by atoms with Gasteiger partial charge in [-0.2, -0.15) is 5.26 Å². The number of hydrogen-bond acceptors (Lipinski definition) is 3. The predicted molar refractivity (Wildman–Crippen MR) is 54.0 cm³/mol. The topological polar surface area (TPSA) is 61.2 Å². The Labute approximate surface area is 85.6 Å². The average molecular weight is 216 g/mol. The van der Waals surface area contributed by atoms with E-state index in [0.717, 1.165) is 0 Å². The maximum absolute atomic E-state index is 11.5. The van der Waals surface area contributed by atoms with Crippen molar-refractivity contribution in [3.8, 4) is 6.07 Å². The van der Waals surface area contributed by atoms with Gasteiger partial charge in [-0.15, -0.1) is 0 Å². The molecule has 1 aliphatic rings. The minimum Gasteiger partial charge on any atom is -0.212 e. The van der Waals surface area contributed by atoms with Crippen molar-refractivity contribution < 1.29 is 8.42 Å². The summed E-state index contributed by atoms with van der Waals surface area (Å²) in [6, 6.07) is 2.09. The molecular formula is C9H16N2O2S. The van der Waals surface area contributed by atoms with Crippen LogP contribution in [0.4, 0.5) is 0 Å². The molecule has 0 aromatic carbocycles. The van der Waals surface area contributed by atoms with Crippen molar-refractivity contribution >= 4 is 10.0 Å². The highest BCUT2D eigenvalue weighted by Gasteiger charge is 2.43. The molecule has 0 N–H and O–H groups in total. The quantitative estimate of drug-likeness (QED) is 0.703. The van der Waals surface area contributed by atoms with Crippen LogP contribution in [0.15, 0.2) is 0 Å².